The molecule has 2 heterocycles. The van der Waals surface area contributed by atoms with Crippen LogP contribution in [0.4, 0.5) is 9.18 Å². The Labute approximate surface area is 118 Å². The Morgan fingerprint density at radius 3 is 2.70 bits per heavy atom. The second kappa shape index (κ2) is 5.52. The average Bonchev–Trinajstić information content (AvgIpc) is 2.70. The zero-order valence-electron chi connectivity index (χ0n) is 12.2. The molecule has 0 aromatic carbocycles. The fourth-order valence-corrected chi connectivity index (χ4v) is 2.47. The van der Waals surface area contributed by atoms with Crippen molar-refractivity contribution in [1.29, 1.82) is 0 Å². The van der Waals surface area contributed by atoms with Gasteiger partial charge in [-0.3, -0.25) is 4.99 Å². The molecule has 112 valence electrons. The van der Waals surface area contributed by atoms with Gasteiger partial charge in [0.2, 0.25) is 0 Å². The van der Waals surface area contributed by atoms with Crippen molar-refractivity contribution in [3.05, 3.63) is 12.0 Å². The molecule has 0 saturated carbocycles. The van der Waals surface area contributed by atoms with Crippen molar-refractivity contribution in [2.24, 2.45) is 16.6 Å². The van der Waals surface area contributed by atoms with Gasteiger partial charge in [-0.1, -0.05) is 0 Å². The molecule has 20 heavy (non-hydrogen) atoms. The second-order valence-electron chi connectivity index (χ2n) is 6.35. The monoisotopic (exact) mass is 283 g/mol. The molecule has 0 unspecified atom stereocenters. The number of hydrogen-bond acceptors (Lipinski definition) is 4. The van der Waals surface area contributed by atoms with Crippen LogP contribution in [0.25, 0.3) is 0 Å². The number of ether oxygens (including phenoxy) is 1. The lowest BCUT2D eigenvalue weighted by molar-refractivity contribution is 0.0290. The standard InChI is InChI=1S/C14H22FN3O2/c1-14(2,3)20-13(19)18-7-10(11(16)8-18)12-5-4-9(15)6-17-12/h6,10-11H,4-5,7-8,16H2,1-3H3/t10-,11-/m1/s1. The summed E-state index contributed by atoms with van der Waals surface area (Å²) in [5.74, 6) is -0.212. The molecule has 1 amide bonds. The Morgan fingerprint density at radius 2 is 2.15 bits per heavy atom. The van der Waals surface area contributed by atoms with Gasteiger partial charge >= 0.3 is 6.09 Å². The molecule has 0 aromatic heterocycles. The lowest BCUT2D eigenvalue weighted by Gasteiger charge is -2.24. The van der Waals surface area contributed by atoms with Gasteiger partial charge in [0.25, 0.3) is 0 Å². The molecule has 2 atom stereocenters. The van der Waals surface area contributed by atoms with E-state index in [9.17, 15) is 9.18 Å². The van der Waals surface area contributed by atoms with Crippen LogP contribution in [0.1, 0.15) is 33.6 Å². The van der Waals surface area contributed by atoms with Crippen molar-refractivity contribution in [1.82, 2.24) is 4.90 Å². The molecular formula is C14H22FN3O2. The van der Waals surface area contributed by atoms with E-state index in [4.69, 9.17) is 10.5 Å². The molecule has 2 rings (SSSR count). The normalized spacial score (nSPS) is 27.1. The molecule has 1 saturated heterocycles. The van der Waals surface area contributed by atoms with Crippen molar-refractivity contribution in [2.75, 3.05) is 13.1 Å². The Bertz CT molecular complexity index is 454. The fraction of sp³-hybridized carbons (Fsp3) is 0.714. The third-order valence-corrected chi connectivity index (χ3v) is 3.44. The second-order valence-corrected chi connectivity index (χ2v) is 6.35. The largest absolute Gasteiger partial charge is 0.444 e. The molecule has 2 aliphatic heterocycles. The van der Waals surface area contributed by atoms with Crippen molar-refractivity contribution in [3.63, 3.8) is 0 Å². The first kappa shape index (κ1) is 15.0. The van der Waals surface area contributed by atoms with Gasteiger partial charge in [-0.2, -0.15) is 0 Å². The first-order valence-electron chi connectivity index (χ1n) is 6.91. The van der Waals surface area contributed by atoms with Gasteiger partial charge in [-0.05, 0) is 27.2 Å². The van der Waals surface area contributed by atoms with E-state index in [0.29, 0.717) is 25.9 Å². The number of allylic oxidation sites excluding steroid dienone is 1. The number of nitrogens with zero attached hydrogens (tertiary/aromatic N) is 2. The topological polar surface area (TPSA) is 67.9 Å². The molecule has 0 bridgehead atoms. The van der Waals surface area contributed by atoms with Gasteiger partial charge in [0, 0.05) is 37.2 Å². The number of likely N-dealkylation sites (tertiary alicyclic amines) is 1. The highest BCUT2D eigenvalue weighted by molar-refractivity contribution is 5.90. The van der Waals surface area contributed by atoms with Gasteiger partial charge in [-0.15, -0.1) is 0 Å². The Kier molecular flexibility index (Phi) is 4.13. The maximum atomic E-state index is 13.0. The van der Waals surface area contributed by atoms with Crippen molar-refractivity contribution in [3.8, 4) is 0 Å². The molecule has 6 heteroatoms. The first-order chi connectivity index (χ1) is 9.26. The Balaban J connectivity index is 2.01. The number of rotatable bonds is 1. The van der Waals surface area contributed by atoms with E-state index < -0.39 is 5.60 Å². The summed E-state index contributed by atoms with van der Waals surface area (Å²) < 4.78 is 18.3. The smallest absolute Gasteiger partial charge is 0.410 e. The molecular weight excluding hydrogens is 261 g/mol. The zero-order chi connectivity index (χ0) is 14.9. The van der Waals surface area contributed by atoms with E-state index in [1.54, 1.807) is 4.90 Å². The number of nitrogens with two attached hydrogens (primary N) is 1. The van der Waals surface area contributed by atoms with Gasteiger partial charge in [0.05, 0.1) is 6.20 Å². The molecule has 0 radical (unpaired) electrons. The van der Waals surface area contributed by atoms with Gasteiger partial charge in [0.15, 0.2) is 0 Å². The summed E-state index contributed by atoms with van der Waals surface area (Å²) in [5, 5.41) is 0. The molecule has 0 spiro atoms. The van der Waals surface area contributed by atoms with Crippen LogP contribution in [0.5, 0.6) is 0 Å². The molecule has 2 aliphatic rings. The van der Waals surface area contributed by atoms with Crippen LogP contribution < -0.4 is 5.73 Å². The maximum absolute atomic E-state index is 13.0. The summed E-state index contributed by atoms with van der Waals surface area (Å²) in [5.41, 5.74) is 6.45. The van der Waals surface area contributed by atoms with Gasteiger partial charge in [-0.25, -0.2) is 9.18 Å². The summed E-state index contributed by atoms with van der Waals surface area (Å²) in [6.45, 7) is 6.43. The van der Waals surface area contributed by atoms with Crippen LogP contribution in [0, 0.1) is 5.92 Å². The third kappa shape index (κ3) is 3.56. The molecule has 1 fully saturated rings. The summed E-state index contributed by atoms with van der Waals surface area (Å²) in [4.78, 5) is 17.8. The van der Waals surface area contributed by atoms with Crippen LogP contribution in [0.15, 0.2) is 17.0 Å². The van der Waals surface area contributed by atoms with Crippen molar-refractivity contribution in [2.45, 2.75) is 45.3 Å². The Hall–Kier alpha value is -1.43. The minimum Gasteiger partial charge on any atom is -0.444 e. The Morgan fingerprint density at radius 1 is 1.45 bits per heavy atom. The third-order valence-electron chi connectivity index (χ3n) is 3.44. The van der Waals surface area contributed by atoms with Crippen LogP contribution in [0.2, 0.25) is 0 Å². The zero-order valence-corrected chi connectivity index (χ0v) is 12.2. The van der Waals surface area contributed by atoms with Crippen LogP contribution in [0.3, 0.4) is 0 Å². The van der Waals surface area contributed by atoms with Gasteiger partial charge < -0.3 is 15.4 Å². The summed E-state index contributed by atoms with van der Waals surface area (Å²) in [7, 11) is 0. The number of carbonyl (C=O) groups excluding carboxylic acids is 1. The molecule has 0 aromatic rings. The van der Waals surface area contributed by atoms with Gasteiger partial charge in [0.1, 0.15) is 11.4 Å². The van der Waals surface area contributed by atoms with Crippen molar-refractivity contribution >= 4 is 11.8 Å². The van der Waals surface area contributed by atoms with E-state index in [0.717, 1.165) is 5.71 Å². The predicted octanol–water partition coefficient (Wildman–Crippen LogP) is 2.23. The molecule has 5 nitrogen and oxygen atoms in total. The number of amides is 1. The van der Waals surface area contributed by atoms with Crippen LogP contribution in [-0.2, 0) is 4.74 Å². The average molecular weight is 283 g/mol. The number of aliphatic imine (C=N–C) groups is 1. The summed E-state index contributed by atoms with van der Waals surface area (Å²) >= 11 is 0. The van der Waals surface area contributed by atoms with E-state index in [1.807, 2.05) is 20.8 Å². The predicted molar refractivity (Wildman–Crippen MR) is 75.1 cm³/mol. The minimum absolute atomic E-state index is 0.00753. The number of carbonyl (C=O) groups is 1. The van der Waals surface area contributed by atoms with Crippen LogP contribution >= 0.6 is 0 Å². The van der Waals surface area contributed by atoms with E-state index in [1.165, 1.54) is 6.20 Å². The SMILES string of the molecule is CC(C)(C)OC(=O)N1C[C@@H](N)[C@H](C2=NC=C(F)CC2)C1. The van der Waals surface area contributed by atoms with Crippen LogP contribution in [-0.4, -0.2) is 41.4 Å². The van der Waals surface area contributed by atoms with E-state index in [-0.39, 0.29) is 23.9 Å². The fourth-order valence-electron chi connectivity index (χ4n) is 2.47. The number of hydrogen-bond donors (Lipinski definition) is 1. The molecule has 0 aliphatic carbocycles. The summed E-state index contributed by atoms with van der Waals surface area (Å²) in [6, 6.07) is -0.171. The highest BCUT2D eigenvalue weighted by Gasteiger charge is 2.37. The lowest BCUT2D eigenvalue weighted by atomic mass is 9.94. The highest BCUT2D eigenvalue weighted by Crippen LogP contribution is 2.25. The minimum atomic E-state index is -0.520. The highest BCUT2D eigenvalue weighted by atomic mass is 19.1. The first-order valence-corrected chi connectivity index (χ1v) is 6.91. The number of halogens is 1. The molecule has 2 N–H and O–H groups in total. The lowest BCUT2D eigenvalue weighted by Crippen LogP contribution is -2.36. The quantitative estimate of drug-likeness (QED) is 0.802. The maximum Gasteiger partial charge on any atom is 0.410 e. The van der Waals surface area contributed by atoms with E-state index in [2.05, 4.69) is 4.99 Å². The van der Waals surface area contributed by atoms with Crippen molar-refractivity contribution < 1.29 is 13.9 Å². The summed E-state index contributed by atoms with van der Waals surface area (Å²) in [6.07, 6.45) is 1.84. The van der Waals surface area contributed by atoms with E-state index >= 15 is 0 Å².